The Balaban J connectivity index is 1.61. The number of aliphatic hydroxyl groups is 1. The average molecular weight is 631 g/mol. The quantitative estimate of drug-likeness (QED) is 0.177. The Kier molecular flexibility index (Phi) is 12.1. The van der Waals surface area contributed by atoms with Crippen LogP contribution in [0.4, 0.5) is 0 Å². The molecule has 19 nitrogen and oxygen atoms in total. The minimum absolute atomic E-state index is 0.0792. The molecule has 44 heavy (non-hydrogen) atoms. The monoisotopic (exact) mass is 630 g/mol. The van der Waals surface area contributed by atoms with Gasteiger partial charge in [-0.2, -0.15) is 0 Å². The van der Waals surface area contributed by atoms with Crippen LogP contribution in [-0.2, 0) is 61.9 Å². The lowest BCUT2D eigenvalue weighted by Gasteiger charge is -2.44. The van der Waals surface area contributed by atoms with Crippen LogP contribution in [0.5, 0.6) is 0 Å². The highest BCUT2D eigenvalue weighted by Gasteiger charge is 2.52. The molecule has 0 saturated carbocycles. The zero-order chi connectivity index (χ0) is 32.6. The van der Waals surface area contributed by atoms with E-state index in [9.17, 15) is 33.9 Å². The first-order chi connectivity index (χ1) is 20.7. The first kappa shape index (κ1) is 34.3. The summed E-state index contributed by atoms with van der Waals surface area (Å²) in [5, 5.41) is 14.2. The summed E-state index contributed by atoms with van der Waals surface area (Å²) in [5.41, 5.74) is 5.14. The Morgan fingerprint density at radius 3 is 2.09 bits per heavy atom. The van der Waals surface area contributed by atoms with Crippen LogP contribution in [0.15, 0.2) is 6.33 Å². The number of rotatable bonds is 13. The third-order valence-corrected chi connectivity index (χ3v) is 6.17. The molecule has 3 rings (SSSR count). The molecule has 244 valence electrons. The molecule has 7 unspecified atom stereocenters. The van der Waals surface area contributed by atoms with Crippen LogP contribution in [0.3, 0.4) is 0 Å². The molecular formula is C25H34N4O15. The molecule has 1 aromatic rings. The number of nitrogens with two attached hydrogens (primary N) is 1. The number of aromatic nitrogens is 3. The van der Waals surface area contributed by atoms with Crippen molar-refractivity contribution in [1.82, 2.24) is 14.8 Å². The number of aliphatic hydroxyl groups excluding tert-OH is 1. The summed E-state index contributed by atoms with van der Waals surface area (Å²) in [4.78, 5) is 74.4. The van der Waals surface area contributed by atoms with Crippen LogP contribution < -0.4 is 5.73 Å². The summed E-state index contributed by atoms with van der Waals surface area (Å²) in [6.45, 7) is 3.27. The van der Waals surface area contributed by atoms with Crippen LogP contribution >= 0.6 is 0 Å². The van der Waals surface area contributed by atoms with E-state index in [2.05, 4.69) is 10.1 Å². The molecule has 1 amide bonds. The molecule has 2 fully saturated rings. The van der Waals surface area contributed by atoms with E-state index in [1.807, 2.05) is 0 Å². The van der Waals surface area contributed by atoms with E-state index in [0.717, 1.165) is 27.7 Å². The number of primary amides is 1. The number of carbonyl (C=O) groups excluding carboxylic acids is 6. The topological polar surface area (TPSA) is 253 Å². The van der Waals surface area contributed by atoms with E-state index in [1.54, 1.807) is 0 Å². The molecule has 8 atom stereocenters. The zero-order valence-corrected chi connectivity index (χ0v) is 24.3. The number of nitrogens with zero attached hydrogens (tertiary/aromatic N) is 3. The van der Waals surface area contributed by atoms with Crippen molar-refractivity contribution in [2.75, 3.05) is 19.8 Å². The van der Waals surface area contributed by atoms with Crippen molar-refractivity contribution >= 4 is 35.8 Å². The van der Waals surface area contributed by atoms with Crippen molar-refractivity contribution in [1.29, 1.82) is 0 Å². The molecule has 0 aromatic carbocycles. The molecule has 0 spiro atoms. The molecule has 2 aliphatic rings. The summed E-state index contributed by atoms with van der Waals surface area (Å²) in [6.07, 6.45) is -8.66. The lowest BCUT2D eigenvalue weighted by atomic mass is 9.98. The fourth-order valence-corrected chi connectivity index (χ4v) is 4.38. The van der Waals surface area contributed by atoms with E-state index >= 15 is 0 Å². The lowest BCUT2D eigenvalue weighted by Crippen LogP contribution is -2.63. The van der Waals surface area contributed by atoms with Crippen molar-refractivity contribution < 1.29 is 71.8 Å². The van der Waals surface area contributed by atoms with Gasteiger partial charge >= 0.3 is 29.8 Å². The van der Waals surface area contributed by atoms with Crippen LogP contribution in [0.1, 0.15) is 57.4 Å². The van der Waals surface area contributed by atoms with Crippen LogP contribution in [-0.4, -0.2) is 118 Å². The van der Waals surface area contributed by atoms with Gasteiger partial charge in [0.1, 0.15) is 31.7 Å². The third kappa shape index (κ3) is 9.66. The van der Waals surface area contributed by atoms with Gasteiger partial charge in [0.25, 0.3) is 5.91 Å². The maximum Gasteiger partial charge on any atom is 0.308 e. The van der Waals surface area contributed by atoms with E-state index in [0.29, 0.717) is 0 Å². The second kappa shape index (κ2) is 15.5. The first-order valence-electron chi connectivity index (χ1n) is 13.4. The number of esters is 5. The van der Waals surface area contributed by atoms with Crippen molar-refractivity contribution in [2.24, 2.45) is 5.73 Å². The summed E-state index contributed by atoms with van der Waals surface area (Å²) < 4.78 is 44.4. The highest BCUT2D eigenvalue weighted by Crippen LogP contribution is 2.31. The molecule has 1 aromatic heterocycles. The molecule has 2 aliphatic heterocycles. The Morgan fingerprint density at radius 2 is 1.50 bits per heavy atom. The van der Waals surface area contributed by atoms with E-state index in [-0.39, 0.29) is 31.9 Å². The molecule has 3 heterocycles. The maximum atomic E-state index is 12.4. The Morgan fingerprint density at radius 1 is 0.886 bits per heavy atom. The Bertz CT molecular complexity index is 1220. The minimum Gasteiger partial charge on any atom is -0.463 e. The molecule has 2 saturated heterocycles. The minimum atomic E-state index is -1.46. The fraction of sp³-hybridized carbons (Fsp3) is 0.680. The highest BCUT2D eigenvalue weighted by atomic mass is 16.7. The second-order valence-corrected chi connectivity index (χ2v) is 9.72. The van der Waals surface area contributed by atoms with Crippen LogP contribution in [0.2, 0.25) is 0 Å². The Labute approximate surface area is 250 Å². The van der Waals surface area contributed by atoms with Crippen molar-refractivity contribution in [3.05, 3.63) is 12.2 Å². The summed E-state index contributed by atoms with van der Waals surface area (Å²) >= 11 is 0. The van der Waals surface area contributed by atoms with E-state index in [4.69, 9.17) is 43.6 Å². The molecule has 0 radical (unpaired) electrons. The van der Waals surface area contributed by atoms with Gasteiger partial charge in [0.2, 0.25) is 5.82 Å². The van der Waals surface area contributed by atoms with Gasteiger partial charge in [-0.1, -0.05) is 0 Å². The second-order valence-electron chi connectivity index (χ2n) is 9.72. The van der Waals surface area contributed by atoms with Gasteiger partial charge in [0.15, 0.2) is 30.8 Å². The maximum absolute atomic E-state index is 12.4. The van der Waals surface area contributed by atoms with Gasteiger partial charge in [-0.15, -0.1) is 5.10 Å². The summed E-state index contributed by atoms with van der Waals surface area (Å²) in [5.74, 6) is -4.91. The zero-order valence-electron chi connectivity index (χ0n) is 24.3. The molecule has 0 aliphatic carbocycles. The number of hydrogen-bond acceptors (Lipinski definition) is 17. The third-order valence-electron chi connectivity index (χ3n) is 6.17. The molecule has 3 N–H and O–H groups in total. The Hall–Kier alpha value is -4.20. The summed E-state index contributed by atoms with van der Waals surface area (Å²) in [6, 6.07) is 0. The van der Waals surface area contributed by atoms with Crippen molar-refractivity contribution in [2.45, 2.75) is 89.7 Å². The highest BCUT2D eigenvalue weighted by molar-refractivity contribution is 5.88. The predicted molar refractivity (Wildman–Crippen MR) is 137 cm³/mol. The van der Waals surface area contributed by atoms with Crippen molar-refractivity contribution in [3.8, 4) is 0 Å². The largest absolute Gasteiger partial charge is 0.463 e. The van der Waals surface area contributed by atoms with Crippen LogP contribution in [0, 0.1) is 0 Å². The summed E-state index contributed by atoms with van der Waals surface area (Å²) in [7, 11) is 0. The number of hydrogen-bond donors (Lipinski definition) is 2. The van der Waals surface area contributed by atoms with Gasteiger partial charge in [-0.3, -0.25) is 28.8 Å². The normalized spacial score (nSPS) is 28.0. The van der Waals surface area contributed by atoms with E-state index in [1.165, 1.54) is 11.0 Å². The lowest BCUT2D eigenvalue weighted by molar-refractivity contribution is -0.308. The standard InChI is InChI=1S/C25H34N4O15/c1-11(30)38-9-17-20(40-12(2)31)21(41-13(3)32)22(42-14(4)33)25(44-17)37-6-5-19(35)39-8-16-15(34)7-18(43-16)29-10-27-24(28-29)23(26)36/h10,15-18,20-22,25,34H,5-9H2,1-4H3,(H2,26,36)/t15-,16?,17?,18?,20?,21?,22?,25?/m0/s1. The molecule has 0 bridgehead atoms. The smallest absolute Gasteiger partial charge is 0.308 e. The average Bonchev–Trinajstić information content (AvgIpc) is 3.56. The first-order valence-corrected chi connectivity index (χ1v) is 13.4. The predicted octanol–water partition coefficient (Wildman–Crippen LogP) is -1.94. The van der Waals surface area contributed by atoms with Crippen molar-refractivity contribution in [3.63, 3.8) is 0 Å². The SMILES string of the molecule is CC(=O)OCC1OC(OCCC(=O)OCC2OC(n3cnc(C(N)=O)n3)C[C@@H]2O)C(OC(C)=O)C(OC(C)=O)C1OC(C)=O. The fourth-order valence-electron chi connectivity index (χ4n) is 4.38. The van der Waals surface area contributed by atoms with Gasteiger partial charge in [0.05, 0.1) is 19.1 Å². The van der Waals surface area contributed by atoms with E-state index < -0.39 is 91.5 Å². The number of ether oxygens (including phenoxy) is 8. The van der Waals surface area contributed by atoms with Gasteiger partial charge < -0.3 is 48.7 Å². The van der Waals surface area contributed by atoms with Crippen LogP contribution in [0.25, 0.3) is 0 Å². The van der Waals surface area contributed by atoms with Gasteiger partial charge in [-0.05, 0) is 0 Å². The van der Waals surface area contributed by atoms with Gasteiger partial charge in [-0.25, -0.2) is 9.67 Å². The number of amides is 1. The van der Waals surface area contributed by atoms with Gasteiger partial charge in [0, 0.05) is 34.1 Å². The molecule has 19 heteroatoms. The number of carbonyl (C=O) groups is 6. The molecular weight excluding hydrogens is 596 g/mol.